The topological polar surface area (TPSA) is 216 Å². The van der Waals surface area contributed by atoms with Gasteiger partial charge in [0.15, 0.2) is 0 Å². The summed E-state index contributed by atoms with van der Waals surface area (Å²) in [6.45, 7) is 4.63. The molecule has 0 rings (SSSR count). The zero-order valence-corrected chi connectivity index (χ0v) is 28.7. The van der Waals surface area contributed by atoms with E-state index in [-0.39, 0.29) is 44.3 Å². The van der Waals surface area contributed by atoms with Crippen molar-refractivity contribution in [2.24, 2.45) is 5.41 Å². The standard InChI is InChI=1S/C34H59N3O10/c1-34(2,3)27(38)22-20-25(32(44)45)37-30(41)24-35-28(39)23-21-26(33(46)47)36-29(40)18-16-14-12-10-8-6-4-5-7-9-11-13-15-17-19-31(42)43/h25-26H,4-24H2,1-3H3,(H,35,39)(H,36,40)(H,37,41)(H,42,43)(H,44,45)(H,46,47). The van der Waals surface area contributed by atoms with Gasteiger partial charge in [-0.1, -0.05) is 97.8 Å². The van der Waals surface area contributed by atoms with Crippen molar-refractivity contribution in [1.82, 2.24) is 16.0 Å². The minimum absolute atomic E-state index is 0.0290. The highest BCUT2D eigenvalue weighted by Gasteiger charge is 2.26. The van der Waals surface area contributed by atoms with Gasteiger partial charge in [0, 0.05) is 31.1 Å². The molecule has 3 amide bonds. The van der Waals surface area contributed by atoms with E-state index in [9.17, 15) is 43.8 Å². The molecule has 0 aliphatic carbocycles. The van der Waals surface area contributed by atoms with Crippen LogP contribution in [-0.2, 0) is 33.6 Å². The molecule has 0 spiro atoms. The summed E-state index contributed by atoms with van der Waals surface area (Å²) in [5.74, 6) is -5.22. The third-order valence-electron chi connectivity index (χ3n) is 7.91. The van der Waals surface area contributed by atoms with Gasteiger partial charge in [0.25, 0.3) is 0 Å². The van der Waals surface area contributed by atoms with Gasteiger partial charge in [-0.25, -0.2) is 9.59 Å². The summed E-state index contributed by atoms with van der Waals surface area (Å²) in [5, 5.41) is 34.5. The number of Topliss-reactive ketones (excluding diaryl/α,β-unsaturated/α-hetero) is 1. The van der Waals surface area contributed by atoms with E-state index in [1.807, 2.05) is 0 Å². The van der Waals surface area contributed by atoms with Crippen molar-refractivity contribution in [3.05, 3.63) is 0 Å². The molecule has 0 aliphatic heterocycles. The second-order valence-electron chi connectivity index (χ2n) is 13.3. The van der Waals surface area contributed by atoms with Crippen molar-refractivity contribution in [2.75, 3.05) is 6.54 Å². The van der Waals surface area contributed by atoms with Crippen LogP contribution >= 0.6 is 0 Å². The van der Waals surface area contributed by atoms with Crippen molar-refractivity contribution in [2.45, 2.75) is 161 Å². The number of ketones is 1. The predicted molar refractivity (Wildman–Crippen MR) is 177 cm³/mol. The Hall–Kier alpha value is -3.51. The number of hydrogen-bond acceptors (Lipinski definition) is 7. The van der Waals surface area contributed by atoms with Crippen molar-refractivity contribution in [1.29, 1.82) is 0 Å². The van der Waals surface area contributed by atoms with Crippen LogP contribution in [0.5, 0.6) is 0 Å². The quantitative estimate of drug-likeness (QED) is 0.0601. The number of carboxylic acid groups (broad SMARTS) is 3. The van der Waals surface area contributed by atoms with Crippen molar-refractivity contribution < 1.29 is 48.9 Å². The average Bonchev–Trinajstić information content (AvgIpc) is 2.98. The van der Waals surface area contributed by atoms with Crippen molar-refractivity contribution >= 4 is 41.4 Å². The maximum absolute atomic E-state index is 12.3. The predicted octanol–water partition coefficient (Wildman–Crippen LogP) is 4.74. The largest absolute Gasteiger partial charge is 0.481 e. The Morgan fingerprint density at radius 2 is 0.872 bits per heavy atom. The average molecular weight is 670 g/mol. The van der Waals surface area contributed by atoms with Crippen molar-refractivity contribution in [3.63, 3.8) is 0 Å². The number of unbranched alkanes of at least 4 members (excludes halogenated alkanes) is 13. The van der Waals surface area contributed by atoms with E-state index in [1.54, 1.807) is 20.8 Å². The number of carbonyl (C=O) groups is 7. The van der Waals surface area contributed by atoms with Crippen LogP contribution in [0.15, 0.2) is 0 Å². The lowest BCUT2D eigenvalue weighted by Gasteiger charge is -2.19. The fourth-order valence-corrected chi connectivity index (χ4v) is 4.90. The molecule has 270 valence electrons. The van der Waals surface area contributed by atoms with E-state index >= 15 is 0 Å². The molecular weight excluding hydrogens is 610 g/mol. The molecule has 13 nitrogen and oxygen atoms in total. The summed E-state index contributed by atoms with van der Waals surface area (Å²) in [6, 6.07) is -2.55. The maximum Gasteiger partial charge on any atom is 0.326 e. The normalized spacial score (nSPS) is 12.5. The molecule has 47 heavy (non-hydrogen) atoms. The molecule has 0 bridgehead atoms. The number of amides is 3. The molecule has 2 unspecified atom stereocenters. The van der Waals surface area contributed by atoms with E-state index < -0.39 is 59.7 Å². The summed E-state index contributed by atoms with van der Waals surface area (Å²) in [5.41, 5.74) is -0.634. The first-order valence-corrected chi connectivity index (χ1v) is 17.2. The summed E-state index contributed by atoms with van der Waals surface area (Å²) in [4.78, 5) is 82.2. The Morgan fingerprint density at radius 3 is 1.28 bits per heavy atom. The van der Waals surface area contributed by atoms with Gasteiger partial charge in [-0.3, -0.25) is 24.0 Å². The molecule has 0 fully saturated rings. The van der Waals surface area contributed by atoms with Gasteiger partial charge >= 0.3 is 17.9 Å². The van der Waals surface area contributed by atoms with Crippen LogP contribution in [0.1, 0.15) is 149 Å². The Labute approximate surface area is 279 Å². The van der Waals surface area contributed by atoms with E-state index in [0.29, 0.717) is 6.42 Å². The van der Waals surface area contributed by atoms with Crippen LogP contribution in [0.3, 0.4) is 0 Å². The zero-order chi connectivity index (χ0) is 35.7. The highest BCUT2D eigenvalue weighted by atomic mass is 16.4. The van der Waals surface area contributed by atoms with E-state index in [2.05, 4.69) is 16.0 Å². The zero-order valence-electron chi connectivity index (χ0n) is 28.7. The van der Waals surface area contributed by atoms with Gasteiger partial charge < -0.3 is 31.3 Å². The molecule has 0 aromatic heterocycles. The van der Waals surface area contributed by atoms with Crippen LogP contribution in [0.4, 0.5) is 0 Å². The SMILES string of the molecule is CC(C)(C)C(=O)CCC(NC(=O)CNC(=O)CCC(NC(=O)CCCCCCCCCCCCCCCCC(=O)O)C(=O)O)C(=O)O. The molecule has 6 N–H and O–H groups in total. The molecule has 2 atom stereocenters. The number of aliphatic carboxylic acids is 3. The molecule has 0 saturated carbocycles. The Balaban J connectivity index is 4.05. The van der Waals surface area contributed by atoms with Crippen LogP contribution in [0.2, 0.25) is 0 Å². The monoisotopic (exact) mass is 669 g/mol. The second kappa shape index (κ2) is 25.6. The third-order valence-corrected chi connectivity index (χ3v) is 7.91. The van der Waals surface area contributed by atoms with Crippen LogP contribution < -0.4 is 16.0 Å². The lowest BCUT2D eigenvalue weighted by atomic mass is 9.87. The fraction of sp³-hybridized carbons (Fsp3) is 0.794. The highest BCUT2D eigenvalue weighted by Crippen LogP contribution is 2.18. The van der Waals surface area contributed by atoms with Gasteiger partial charge in [-0.05, 0) is 25.7 Å². The molecule has 0 radical (unpaired) electrons. The van der Waals surface area contributed by atoms with E-state index in [1.165, 1.54) is 32.1 Å². The minimum Gasteiger partial charge on any atom is -0.481 e. The first-order chi connectivity index (χ1) is 22.1. The van der Waals surface area contributed by atoms with Gasteiger partial charge in [-0.15, -0.1) is 0 Å². The van der Waals surface area contributed by atoms with Crippen LogP contribution in [0, 0.1) is 5.41 Å². The lowest BCUT2D eigenvalue weighted by molar-refractivity contribution is -0.142. The number of rotatable bonds is 29. The summed E-state index contributed by atoms with van der Waals surface area (Å²) < 4.78 is 0. The van der Waals surface area contributed by atoms with Crippen LogP contribution in [0.25, 0.3) is 0 Å². The van der Waals surface area contributed by atoms with Crippen LogP contribution in [-0.4, -0.2) is 75.4 Å². The number of carboxylic acids is 3. The highest BCUT2D eigenvalue weighted by molar-refractivity contribution is 5.89. The molecule has 13 heteroatoms. The molecular formula is C34H59N3O10. The van der Waals surface area contributed by atoms with E-state index in [4.69, 9.17) is 5.11 Å². The molecule has 0 heterocycles. The minimum atomic E-state index is -1.30. The lowest BCUT2D eigenvalue weighted by Crippen LogP contribution is -2.46. The van der Waals surface area contributed by atoms with Gasteiger partial charge in [0.2, 0.25) is 17.7 Å². The first-order valence-electron chi connectivity index (χ1n) is 17.2. The third kappa shape index (κ3) is 25.3. The number of nitrogens with one attached hydrogen (secondary N) is 3. The Kier molecular flexibility index (Phi) is 23.7. The van der Waals surface area contributed by atoms with Gasteiger partial charge in [0.1, 0.15) is 17.9 Å². The summed E-state index contributed by atoms with van der Waals surface area (Å²) in [7, 11) is 0. The van der Waals surface area contributed by atoms with Gasteiger partial charge in [-0.2, -0.15) is 0 Å². The Morgan fingerprint density at radius 1 is 0.489 bits per heavy atom. The second-order valence-corrected chi connectivity index (χ2v) is 13.3. The first kappa shape index (κ1) is 43.5. The molecule has 0 aliphatic rings. The van der Waals surface area contributed by atoms with E-state index in [0.717, 1.165) is 51.4 Å². The summed E-state index contributed by atoms with van der Waals surface area (Å²) >= 11 is 0. The maximum atomic E-state index is 12.3. The molecule has 0 saturated heterocycles. The number of hydrogen-bond donors (Lipinski definition) is 6. The van der Waals surface area contributed by atoms with Crippen molar-refractivity contribution in [3.8, 4) is 0 Å². The smallest absolute Gasteiger partial charge is 0.326 e. The molecule has 0 aromatic carbocycles. The Bertz CT molecular complexity index is 993. The molecule has 0 aromatic rings. The fourth-order valence-electron chi connectivity index (χ4n) is 4.90. The summed E-state index contributed by atoms with van der Waals surface area (Å²) in [6.07, 6.45) is 14.7. The number of carbonyl (C=O) groups excluding carboxylic acids is 4. The van der Waals surface area contributed by atoms with Gasteiger partial charge in [0.05, 0.1) is 6.54 Å².